The molecule has 3 aromatic rings. The Morgan fingerprint density at radius 2 is 1.64 bits per heavy atom. The molecule has 3 amide bonds. The fourth-order valence-corrected chi connectivity index (χ4v) is 4.95. The van der Waals surface area contributed by atoms with Gasteiger partial charge < -0.3 is 20.4 Å². The molecule has 0 aliphatic carbocycles. The van der Waals surface area contributed by atoms with Crippen molar-refractivity contribution in [1.29, 1.82) is 0 Å². The van der Waals surface area contributed by atoms with Gasteiger partial charge in [0.05, 0.1) is 30.3 Å². The van der Waals surface area contributed by atoms with Crippen molar-refractivity contribution in [2.24, 2.45) is 0 Å². The number of carbonyl (C=O) groups is 3. The number of benzene rings is 3. The highest BCUT2D eigenvalue weighted by Crippen LogP contribution is 2.39. The van der Waals surface area contributed by atoms with Gasteiger partial charge in [0.2, 0.25) is 11.8 Å². The summed E-state index contributed by atoms with van der Waals surface area (Å²) in [5.41, 5.74) is 3.38. The predicted molar refractivity (Wildman–Crippen MR) is 140 cm³/mol. The third kappa shape index (κ3) is 5.16. The van der Waals surface area contributed by atoms with Crippen molar-refractivity contribution >= 4 is 29.1 Å². The van der Waals surface area contributed by atoms with Crippen molar-refractivity contribution in [3.05, 3.63) is 95.6 Å². The molecule has 0 saturated carbocycles. The lowest BCUT2D eigenvalue weighted by Crippen LogP contribution is -2.36. The van der Waals surface area contributed by atoms with Gasteiger partial charge in [-0.05, 0) is 42.3 Å². The lowest BCUT2D eigenvalue weighted by atomic mass is 10.00. The van der Waals surface area contributed by atoms with E-state index in [4.69, 9.17) is 0 Å². The molecular formula is C29H30N4O3. The van der Waals surface area contributed by atoms with Crippen LogP contribution in [0.4, 0.5) is 11.4 Å². The van der Waals surface area contributed by atoms with Crippen molar-refractivity contribution in [2.45, 2.75) is 25.3 Å². The summed E-state index contributed by atoms with van der Waals surface area (Å²) in [5.74, 6) is -0.365. The van der Waals surface area contributed by atoms with Crippen LogP contribution in [0.2, 0.25) is 0 Å². The third-order valence-corrected chi connectivity index (χ3v) is 6.75. The van der Waals surface area contributed by atoms with Crippen LogP contribution in [-0.2, 0) is 16.0 Å². The highest BCUT2D eigenvalue weighted by Gasteiger charge is 2.34. The number of hydrogen-bond donors (Lipinski definition) is 2. The average molecular weight is 483 g/mol. The minimum Gasteiger partial charge on any atom is -0.337 e. The molecular weight excluding hydrogens is 452 g/mol. The molecule has 1 atom stereocenters. The molecule has 2 aliphatic rings. The van der Waals surface area contributed by atoms with Crippen molar-refractivity contribution in [3.8, 4) is 0 Å². The van der Waals surface area contributed by atoms with E-state index in [0.29, 0.717) is 30.0 Å². The Bertz CT molecular complexity index is 1240. The van der Waals surface area contributed by atoms with E-state index in [9.17, 15) is 14.4 Å². The number of rotatable bonds is 4. The maximum absolute atomic E-state index is 13.8. The molecule has 1 unspecified atom stereocenters. The van der Waals surface area contributed by atoms with Crippen molar-refractivity contribution in [3.63, 3.8) is 0 Å². The number of nitrogens with zero attached hydrogens (tertiary/aromatic N) is 2. The van der Waals surface area contributed by atoms with Crippen LogP contribution in [0.1, 0.15) is 40.4 Å². The molecule has 0 radical (unpaired) electrons. The van der Waals surface area contributed by atoms with Crippen LogP contribution in [-0.4, -0.2) is 48.8 Å². The number of anilines is 2. The van der Waals surface area contributed by atoms with E-state index >= 15 is 0 Å². The van der Waals surface area contributed by atoms with Crippen LogP contribution in [0.5, 0.6) is 0 Å². The fourth-order valence-electron chi connectivity index (χ4n) is 4.95. The van der Waals surface area contributed by atoms with E-state index < -0.39 is 6.04 Å². The summed E-state index contributed by atoms with van der Waals surface area (Å²) in [6.45, 7) is 2.98. The quantitative estimate of drug-likeness (QED) is 0.593. The molecule has 5 rings (SSSR count). The molecule has 2 heterocycles. The maximum atomic E-state index is 13.8. The van der Waals surface area contributed by atoms with Crippen LogP contribution in [0.25, 0.3) is 0 Å². The second-order valence-electron chi connectivity index (χ2n) is 9.23. The number of hydrogen-bond acceptors (Lipinski definition) is 4. The van der Waals surface area contributed by atoms with E-state index in [1.807, 2.05) is 65.6 Å². The summed E-state index contributed by atoms with van der Waals surface area (Å²) >= 11 is 0. The standard InChI is InChI=1S/C29H30N4O3/c34-27-20-26(22-10-5-2-6-11-22)33(28(35)18-21-8-3-1-4-9-21)25-13-12-23(19-24(25)31-27)29(36)32-16-7-14-30-15-17-32/h1-6,8-13,19,26,30H,7,14-18,20H2,(H,31,34). The Labute approximate surface area is 211 Å². The number of fused-ring (bicyclic) bond motifs is 1. The molecule has 1 fully saturated rings. The van der Waals surface area contributed by atoms with Gasteiger partial charge in [-0.2, -0.15) is 0 Å². The highest BCUT2D eigenvalue weighted by molar-refractivity contribution is 6.07. The fraction of sp³-hybridized carbons (Fsp3) is 0.276. The molecule has 7 heteroatoms. The van der Waals surface area contributed by atoms with E-state index in [0.717, 1.165) is 30.6 Å². The lowest BCUT2D eigenvalue weighted by molar-refractivity contribution is -0.119. The highest BCUT2D eigenvalue weighted by atomic mass is 16.2. The van der Waals surface area contributed by atoms with Crippen LogP contribution in [0, 0.1) is 0 Å². The second-order valence-corrected chi connectivity index (χ2v) is 9.23. The number of nitrogens with one attached hydrogen (secondary N) is 2. The number of carbonyl (C=O) groups excluding carboxylic acids is 3. The zero-order valence-corrected chi connectivity index (χ0v) is 20.2. The topological polar surface area (TPSA) is 81.8 Å². The molecule has 2 N–H and O–H groups in total. The molecule has 0 bridgehead atoms. The Hall–Kier alpha value is -3.97. The molecule has 1 saturated heterocycles. The first-order valence-corrected chi connectivity index (χ1v) is 12.4. The van der Waals surface area contributed by atoms with Crippen LogP contribution in [0.15, 0.2) is 78.9 Å². The van der Waals surface area contributed by atoms with E-state index in [-0.39, 0.29) is 30.6 Å². The minimum absolute atomic E-state index is 0.0678. The van der Waals surface area contributed by atoms with Gasteiger partial charge in [0.1, 0.15) is 0 Å². The molecule has 7 nitrogen and oxygen atoms in total. The Morgan fingerprint density at radius 3 is 2.42 bits per heavy atom. The first kappa shape index (κ1) is 23.8. The van der Waals surface area contributed by atoms with Gasteiger partial charge in [0, 0.05) is 25.2 Å². The maximum Gasteiger partial charge on any atom is 0.253 e. The second kappa shape index (κ2) is 10.7. The predicted octanol–water partition coefficient (Wildman–Crippen LogP) is 3.78. The smallest absolute Gasteiger partial charge is 0.253 e. The van der Waals surface area contributed by atoms with Gasteiger partial charge in [-0.15, -0.1) is 0 Å². The SMILES string of the molecule is O=C1CC(c2ccccc2)N(C(=O)Cc2ccccc2)c2ccc(C(=O)N3CCCNCC3)cc2N1. The van der Waals surface area contributed by atoms with Gasteiger partial charge in [0.25, 0.3) is 5.91 Å². The minimum atomic E-state index is -0.457. The summed E-state index contributed by atoms with van der Waals surface area (Å²) in [4.78, 5) is 43.6. The van der Waals surface area contributed by atoms with Crippen LogP contribution in [0.3, 0.4) is 0 Å². The zero-order valence-electron chi connectivity index (χ0n) is 20.2. The summed E-state index contributed by atoms with van der Waals surface area (Å²) < 4.78 is 0. The van der Waals surface area contributed by atoms with Crippen LogP contribution < -0.4 is 15.5 Å². The summed E-state index contributed by atoms with van der Waals surface area (Å²) in [6, 6.07) is 24.0. The van der Waals surface area contributed by atoms with E-state index in [1.165, 1.54) is 0 Å². The molecule has 3 aromatic carbocycles. The van der Waals surface area contributed by atoms with Crippen molar-refractivity contribution < 1.29 is 14.4 Å². The Balaban J connectivity index is 1.53. The molecule has 2 aliphatic heterocycles. The van der Waals surface area contributed by atoms with Gasteiger partial charge in [0.15, 0.2) is 0 Å². The molecule has 0 aromatic heterocycles. The lowest BCUT2D eigenvalue weighted by Gasteiger charge is -2.31. The van der Waals surface area contributed by atoms with E-state index in [1.54, 1.807) is 23.1 Å². The zero-order chi connectivity index (χ0) is 24.9. The van der Waals surface area contributed by atoms with Crippen LogP contribution >= 0.6 is 0 Å². The first-order chi connectivity index (χ1) is 17.6. The summed E-state index contributed by atoms with van der Waals surface area (Å²) in [6.07, 6.45) is 1.23. The summed E-state index contributed by atoms with van der Waals surface area (Å²) in [5, 5.41) is 6.28. The van der Waals surface area contributed by atoms with Gasteiger partial charge in [-0.3, -0.25) is 14.4 Å². The summed E-state index contributed by atoms with van der Waals surface area (Å²) in [7, 11) is 0. The Morgan fingerprint density at radius 1 is 0.889 bits per heavy atom. The van der Waals surface area contributed by atoms with Gasteiger partial charge >= 0.3 is 0 Å². The van der Waals surface area contributed by atoms with Crippen molar-refractivity contribution in [1.82, 2.24) is 10.2 Å². The molecule has 184 valence electrons. The van der Waals surface area contributed by atoms with Gasteiger partial charge in [-0.1, -0.05) is 60.7 Å². The average Bonchev–Trinajstić information content (AvgIpc) is 3.26. The normalized spacial score (nSPS) is 18.0. The van der Waals surface area contributed by atoms with Crippen molar-refractivity contribution in [2.75, 3.05) is 36.4 Å². The van der Waals surface area contributed by atoms with E-state index in [2.05, 4.69) is 10.6 Å². The first-order valence-electron chi connectivity index (χ1n) is 12.4. The third-order valence-electron chi connectivity index (χ3n) is 6.75. The largest absolute Gasteiger partial charge is 0.337 e. The molecule has 36 heavy (non-hydrogen) atoms. The monoisotopic (exact) mass is 482 g/mol. The number of amides is 3. The van der Waals surface area contributed by atoms with Gasteiger partial charge in [-0.25, -0.2) is 0 Å². The molecule has 0 spiro atoms. The Kier molecular flexibility index (Phi) is 7.09.